The molecule has 0 spiro atoms. The third kappa shape index (κ3) is 1.98. The molecule has 0 saturated heterocycles. The number of hydrogen-bond acceptors (Lipinski definition) is 2. The Bertz CT molecular complexity index is 494. The summed E-state index contributed by atoms with van der Waals surface area (Å²) in [5, 5.41) is 0. The average Bonchev–Trinajstić information content (AvgIpc) is 2.30. The maximum atomic E-state index is 13.7. The molecule has 0 bridgehead atoms. The van der Waals surface area contributed by atoms with E-state index in [9.17, 15) is 4.39 Å². The molecule has 2 nitrogen and oxygen atoms in total. The molecule has 2 N–H and O–H groups in total. The molecule has 0 fully saturated rings. The Hall–Kier alpha value is -2.03. The van der Waals surface area contributed by atoms with Crippen molar-refractivity contribution < 1.29 is 9.13 Å². The van der Waals surface area contributed by atoms with E-state index >= 15 is 0 Å². The van der Waals surface area contributed by atoms with Crippen LogP contribution in [0.4, 0.5) is 10.1 Å². The summed E-state index contributed by atoms with van der Waals surface area (Å²) >= 11 is 0. The Morgan fingerprint density at radius 1 is 1.06 bits per heavy atom. The van der Waals surface area contributed by atoms with Gasteiger partial charge in [-0.15, -0.1) is 0 Å². The van der Waals surface area contributed by atoms with Crippen molar-refractivity contribution in [1.29, 1.82) is 0 Å². The largest absolute Gasteiger partial charge is 0.497 e. The van der Waals surface area contributed by atoms with Crippen LogP contribution in [0.25, 0.3) is 11.1 Å². The van der Waals surface area contributed by atoms with Gasteiger partial charge >= 0.3 is 0 Å². The van der Waals surface area contributed by atoms with Gasteiger partial charge in [0.2, 0.25) is 0 Å². The molecule has 0 saturated carbocycles. The molecule has 0 aliphatic heterocycles. The molecular weight excluding hydrogens is 205 g/mol. The lowest BCUT2D eigenvalue weighted by Gasteiger charge is -2.06. The van der Waals surface area contributed by atoms with Gasteiger partial charge in [-0.25, -0.2) is 4.39 Å². The lowest BCUT2D eigenvalue weighted by molar-refractivity contribution is 0.411. The number of rotatable bonds is 2. The minimum absolute atomic E-state index is 0.302. The number of anilines is 1. The average molecular weight is 217 g/mol. The smallest absolute Gasteiger partial charge is 0.134 e. The van der Waals surface area contributed by atoms with E-state index in [0.29, 0.717) is 17.0 Å². The summed E-state index contributed by atoms with van der Waals surface area (Å²) < 4.78 is 18.7. The molecule has 2 aromatic carbocycles. The summed E-state index contributed by atoms with van der Waals surface area (Å²) in [5.41, 5.74) is 7.58. The molecule has 0 aliphatic rings. The quantitative estimate of drug-likeness (QED) is 0.784. The number of methoxy groups -OCH3 is 1. The van der Waals surface area contributed by atoms with Gasteiger partial charge in [-0.2, -0.15) is 0 Å². The van der Waals surface area contributed by atoms with E-state index in [4.69, 9.17) is 10.5 Å². The molecule has 0 atom stereocenters. The topological polar surface area (TPSA) is 35.2 Å². The molecule has 0 aromatic heterocycles. The fourth-order valence-electron chi connectivity index (χ4n) is 1.52. The standard InChI is InChI=1S/C13H12FNO/c1-16-11-6-7-12(13(14)8-11)9-2-4-10(15)5-3-9/h2-8H,15H2,1H3. The first kappa shape index (κ1) is 10.5. The van der Waals surface area contributed by atoms with E-state index in [2.05, 4.69) is 0 Å². The normalized spacial score (nSPS) is 10.1. The van der Waals surface area contributed by atoms with Gasteiger partial charge in [-0.1, -0.05) is 12.1 Å². The van der Waals surface area contributed by atoms with Crippen molar-refractivity contribution in [2.75, 3.05) is 12.8 Å². The van der Waals surface area contributed by atoms with E-state index in [0.717, 1.165) is 5.56 Å². The highest BCUT2D eigenvalue weighted by Crippen LogP contribution is 2.26. The molecule has 0 heterocycles. The molecule has 16 heavy (non-hydrogen) atoms. The van der Waals surface area contributed by atoms with Crippen LogP contribution in [0.1, 0.15) is 0 Å². The zero-order valence-corrected chi connectivity index (χ0v) is 8.91. The maximum Gasteiger partial charge on any atom is 0.134 e. The Balaban J connectivity index is 2.44. The van der Waals surface area contributed by atoms with Crippen molar-refractivity contribution in [3.63, 3.8) is 0 Å². The van der Waals surface area contributed by atoms with Crippen LogP contribution in [-0.2, 0) is 0 Å². The third-order valence-electron chi connectivity index (χ3n) is 2.40. The highest BCUT2D eigenvalue weighted by Gasteiger charge is 2.05. The Kier molecular flexibility index (Phi) is 2.77. The lowest BCUT2D eigenvalue weighted by Crippen LogP contribution is -1.89. The summed E-state index contributed by atoms with van der Waals surface area (Å²) in [4.78, 5) is 0. The highest BCUT2D eigenvalue weighted by atomic mass is 19.1. The van der Waals surface area contributed by atoms with Crippen molar-refractivity contribution in [3.05, 3.63) is 48.3 Å². The number of nitrogens with two attached hydrogens (primary N) is 1. The monoisotopic (exact) mass is 217 g/mol. The van der Waals surface area contributed by atoms with Crippen LogP contribution in [0.15, 0.2) is 42.5 Å². The summed E-state index contributed by atoms with van der Waals surface area (Å²) in [6.45, 7) is 0. The Morgan fingerprint density at radius 3 is 2.31 bits per heavy atom. The minimum atomic E-state index is -0.302. The second-order valence-corrected chi connectivity index (χ2v) is 3.47. The first-order valence-corrected chi connectivity index (χ1v) is 4.90. The fourth-order valence-corrected chi connectivity index (χ4v) is 1.52. The van der Waals surface area contributed by atoms with Gasteiger partial charge < -0.3 is 10.5 Å². The van der Waals surface area contributed by atoms with Crippen LogP contribution in [-0.4, -0.2) is 7.11 Å². The van der Waals surface area contributed by atoms with E-state index in [-0.39, 0.29) is 5.82 Å². The number of halogens is 1. The van der Waals surface area contributed by atoms with E-state index in [1.54, 1.807) is 36.4 Å². The summed E-state index contributed by atoms with van der Waals surface area (Å²) in [5.74, 6) is 0.209. The zero-order chi connectivity index (χ0) is 11.5. The van der Waals surface area contributed by atoms with Gasteiger partial charge in [0.25, 0.3) is 0 Å². The number of nitrogen functional groups attached to an aromatic ring is 1. The second-order valence-electron chi connectivity index (χ2n) is 3.47. The Morgan fingerprint density at radius 2 is 1.75 bits per heavy atom. The van der Waals surface area contributed by atoms with Gasteiger partial charge in [0.05, 0.1) is 7.11 Å². The van der Waals surface area contributed by atoms with Crippen molar-refractivity contribution in [1.82, 2.24) is 0 Å². The lowest BCUT2D eigenvalue weighted by atomic mass is 10.0. The molecule has 0 aliphatic carbocycles. The van der Waals surface area contributed by atoms with E-state index in [1.807, 2.05) is 0 Å². The van der Waals surface area contributed by atoms with Crippen LogP contribution in [0.2, 0.25) is 0 Å². The predicted molar refractivity (Wildman–Crippen MR) is 62.8 cm³/mol. The third-order valence-corrected chi connectivity index (χ3v) is 2.40. The van der Waals surface area contributed by atoms with E-state index < -0.39 is 0 Å². The molecule has 0 radical (unpaired) electrons. The fraction of sp³-hybridized carbons (Fsp3) is 0.0769. The Labute approximate surface area is 93.5 Å². The van der Waals surface area contributed by atoms with Crippen molar-refractivity contribution >= 4 is 5.69 Å². The van der Waals surface area contributed by atoms with Gasteiger partial charge in [-0.3, -0.25) is 0 Å². The van der Waals surface area contributed by atoms with Gasteiger partial charge in [0.15, 0.2) is 0 Å². The number of hydrogen-bond donors (Lipinski definition) is 1. The van der Waals surface area contributed by atoms with E-state index in [1.165, 1.54) is 13.2 Å². The highest BCUT2D eigenvalue weighted by molar-refractivity contribution is 5.66. The van der Waals surface area contributed by atoms with Crippen LogP contribution >= 0.6 is 0 Å². The van der Waals surface area contributed by atoms with Crippen molar-refractivity contribution in [2.24, 2.45) is 0 Å². The SMILES string of the molecule is COc1ccc(-c2ccc(N)cc2)c(F)c1. The molecule has 3 heteroatoms. The summed E-state index contributed by atoms with van der Waals surface area (Å²) in [7, 11) is 1.51. The zero-order valence-electron chi connectivity index (χ0n) is 8.91. The van der Waals surface area contributed by atoms with Gasteiger partial charge in [0.1, 0.15) is 11.6 Å². The molecular formula is C13H12FNO. The number of benzene rings is 2. The maximum absolute atomic E-state index is 13.7. The summed E-state index contributed by atoms with van der Waals surface area (Å²) in [6.07, 6.45) is 0. The van der Waals surface area contributed by atoms with Crippen LogP contribution < -0.4 is 10.5 Å². The molecule has 2 aromatic rings. The summed E-state index contributed by atoms with van der Waals surface area (Å²) in [6, 6.07) is 11.9. The second kappa shape index (κ2) is 4.23. The predicted octanol–water partition coefficient (Wildman–Crippen LogP) is 3.08. The molecule has 0 unspecified atom stereocenters. The van der Waals surface area contributed by atoms with Crippen LogP contribution in [0.3, 0.4) is 0 Å². The molecule has 82 valence electrons. The molecule has 2 rings (SSSR count). The first-order chi connectivity index (χ1) is 7.70. The van der Waals surface area contributed by atoms with Gasteiger partial charge in [-0.05, 0) is 29.8 Å². The van der Waals surface area contributed by atoms with Crippen molar-refractivity contribution in [3.8, 4) is 16.9 Å². The first-order valence-electron chi connectivity index (χ1n) is 4.90. The van der Waals surface area contributed by atoms with Crippen molar-refractivity contribution in [2.45, 2.75) is 0 Å². The van der Waals surface area contributed by atoms with Crippen LogP contribution in [0, 0.1) is 5.82 Å². The van der Waals surface area contributed by atoms with Gasteiger partial charge in [0, 0.05) is 17.3 Å². The minimum Gasteiger partial charge on any atom is -0.497 e. The number of ether oxygens (including phenoxy) is 1. The van der Waals surface area contributed by atoms with Crippen LogP contribution in [0.5, 0.6) is 5.75 Å². The molecule has 0 amide bonds.